The molecule has 2 fully saturated rings. The van der Waals surface area contributed by atoms with Crippen molar-refractivity contribution in [1.82, 2.24) is 25.6 Å². The molecule has 0 radical (unpaired) electrons. The highest BCUT2D eigenvalue weighted by atomic mass is 19.1. The van der Waals surface area contributed by atoms with E-state index in [1.54, 1.807) is 20.2 Å². The topological polar surface area (TPSA) is 142 Å². The van der Waals surface area contributed by atoms with Crippen molar-refractivity contribution in [3.05, 3.63) is 53.2 Å². The number of fused-ring (bicyclic) bond motifs is 3. The summed E-state index contributed by atoms with van der Waals surface area (Å²) in [6, 6.07) is 6.67. The van der Waals surface area contributed by atoms with E-state index in [1.165, 1.54) is 12.1 Å². The maximum atomic E-state index is 14.7. The fraction of sp³-hybridized carbons (Fsp3) is 0.433. The smallest absolute Gasteiger partial charge is 0.324 e. The van der Waals surface area contributed by atoms with E-state index >= 15 is 0 Å². The zero-order chi connectivity index (χ0) is 29.6. The first-order valence-corrected chi connectivity index (χ1v) is 14.1. The molecule has 0 bridgehead atoms. The van der Waals surface area contributed by atoms with Crippen molar-refractivity contribution in [3.8, 4) is 22.9 Å². The minimum absolute atomic E-state index is 0.114. The molecule has 2 aliphatic carbocycles. The van der Waals surface area contributed by atoms with Gasteiger partial charge in [0.1, 0.15) is 17.4 Å². The van der Waals surface area contributed by atoms with Crippen LogP contribution in [0.15, 0.2) is 30.5 Å². The lowest BCUT2D eigenvalue weighted by molar-refractivity contribution is -0.129. The molecule has 42 heavy (non-hydrogen) atoms. The van der Waals surface area contributed by atoms with Crippen molar-refractivity contribution in [2.45, 2.75) is 39.2 Å². The van der Waals surface area contributed by atoms with E-state index in [1.807, 2.05) is 19.1 Å². The van der Waals surface area contributed by atoms with E-state index in [0.717, 1.165) is 40.9 Å². The average Bonchev–Trinajstić information content (AvgIpc) is 3.55. The van der Waals surface area contributed by atoms with E-state index in [0.29, 0.717) is 36.8 Å². The molecule has 0 unspecified atom stereocenters. The number of halogens is 1. The number of hydrogen-bond acceptors (Lipinski definition) is 9. The van der Waals surface area contributed by atoms with E-state index in [9.17, 15) is 19.1 Å². The van der Waals surface area contributed by atoms with Gasteiger partial charge in [0.15, 0.2) is 0 Å². The fourth-order valence-electron chi connectivity index (χ4n) is 5.88. The van der Waals surface area contributed by atoms with E-state index in [2.05, 4.69) is 25.8 Å². The number of ether oxygens (including phenoxy) is 1. The number of aliphatic hydroxyl groups is 1. The number of benzene rings is 1. The monoisotopic (exact) mass is 575 g/mol. The van der Waals surface area contributed by atoms with Crippen LogP contribution in [0.4, 0.5) is 15.9 Å². The summed E-state index contributed by atoms with van der Waals surface area (Å²) in [7, 11) is 1.76. The van der Waals surface area contributed by atoms with Crippen molar-refractivity contribution < 1.29 is 23.8 Å². The largest absolute Gasteiger partial charge is 0.423 e. The Bertz CT molecular complexity index is 1540. The van der Waals surface area contributed by atoms with Gasteiger partial charge in [-0.3, -0.25) is 14.6 Å². The second kappa shape index (κ2) is 10.8. The highest BCUT2D eigenvalue weighted by Crippen LogP contribution is 2.55. The van der Waals surface area contributed by atoms with Gasteiger partial charge in [-0.2, -0.15) is 9.97 Å². The molecular weight excluding hydrogens is 541 g/mol. The minimum Gasteiger partial charge on any atom is -0.423 e. The third-order valence-electron chi connectivity index (χ3n) is 8.45. The summed E-state index contributed by atoms with van der Waals surface area (Å²) in [6.07, 6.45) is 4.01. The number of rotatable bonds is 9. The summed E-state index contributed by atoms with van der Waals surface area (Å²) in [5.41, 5.74) is 4.63. The molecule has 1 aromatic carbocycles. The van der Waals surface area contributed by atoms with Gasteiger partial charge in [-0.05, 0) is 55.2 Å². The number of carbonyl (C=O) groups excluding carboxylic acids is 2. The van der Waals surface area contributed by atoms with Crippen molar-refractivity contribution in [3.63, 3.8) is 0 Å². The first kappa shape index (κ1) is 27.8. The Labute approximate surface area is 242 Å². The molecule has 12 heteroatoms. The highest BCUT2D eigenvalue weighted by Gasteiger charge is 2.56. The first-order chi connectivity index (χ1) is 20.2. The second-order valence-corrected chi connectivity index (χ2v) is 11.5. The van der Waals surface area contributed by atoms with Gasteiger partial charge in [-0.25, -0.2) is 4.39 Å². The zero-order valence-electron chi connectivity index (χ0n) is 23.8. The molecule has 2 aromatic heterocycles. The van der Waals surface area contributed by atoms with Gasteiger partial charge in [0, 0.05) is 48.9 Å². The Kier molecular flexibility index (Phi) is 7.17. The number of pyridine rings is 1. The number of aromatic nitrogens is 3. The number of amides is 2. The summed E-state index contributed by atoms with van der Waals surface area (Å²) >= 11 is 0. The summed E-state index contributed by atoms with van der Waals surface area (Å²) in [4.78, 5) is 40.9. The summed E-state index contributed by atoms with van der Waals surface area (Å²) in [5, 5.41) is 18.0. The molecule has 3 aromatic rings. The summed E-state index contributed by atoms with van der Waals surface area (Å²) < 4.78 is 20.8. The molecule has 2 atom stereocenters. The second-order valence-electron chi connectivity index (χ2n) is 11.5. The van der Waals surface area contributed by atoms with Crippen molar-refractivity contribution in [1.29, 1.82) is 0 Å². The van der Waals surface area contributed by atoms with Crippen LogP contribution in [-0.2, 0) is 16.0 Å². The van der Waals surface area contributed by atoms with Gasteiger partial charge < -0.3 is 30.7 Å². The van der Waals surface area contributed by atoms with Crippen molar-refractivity contribution >= 4 is 23.3 Å². The van der Waals surface area contributed by atoms with Crippen LogP contribution in [0.3, 0.4) is 0 Å². The van der Waals surface area contributed by atoms with E-state index < -0.39 is 5.92 Å². The lowest BCUT2D eigenvalue weighted by Gasteiger charge is -2.22. The maximum Gasteiger partial charge on any atom is 0.324 e. The first-order valence-electron chi connectivity index (χ1n) is 14.1. The molecule has 220 valence electrons. The molecule has 4 N–H and O–H groups in total. The van der Waals surface area contributed by atoms with Crippen LogP contribution in [0.1, 0.15) is 36.7 Å². The maximum absolute atomic E-state index is 14.7. The molecule has 1 spiro atoms. The van der Waals surface area contributed by atoms with Gasteiger partial charge in [0.25, 0.3) is 0 Å². The quantitative estimate of drug-likeness (QED) is 0.237. The number of aliphatic hydroxyl groups excluding tert-OH is 1. The third kappa shape index (κ3) is 5.22. The average molecular weight is 576 g/mol. The third-order valence-corrected chi connectivity index (χ3v) is 8.45. The Morgan fingerprint density at radius 1 is 1.26 bits per heavy atom. The van der Waals surface area contributed by atoms with Crippen molar-refractivity contribution in [2.24, 2.45) is 11.3 Å². The molecule has 6 rings (SSSR count). The van der Waals surface area contributed by atoms with Crippen LogP contribution < -0.4 is 25.6 Å². The van der Waals surface area contributed by atoms with Crippen LogP contribution in [0.25, 0.3) is 11.1 Å². The zero-order valence-corrected chi connectivity index (χ0v) is 23.8. The molecule has 3 heterocycles. The van der Waals surface area contributed by atoms with Gasteiger partial charge >= 0.3 is 6.01 Å². The van der Waals surface area contributed by atoms with Crippen LogP contribution >= 0.6 is 0 Å². The number of aryl methyl sites for hydroxylation is 1. The van der Waals surface area contributed by atoms with Gasteiger partial charge in [0.2, 0.25) is 11.8 Å². The van der Waals surface area contributed by atoms with E-state index in [-0.39, 0.29) is 48.3 Å². The predicted molar refractivity (Wildman–Crippen MR) is 154 cm³/mol. The molecule has 2 amide bonds. The molecule has 1 saturated heterocycles. The van der Waals surface area contributed by atoms with Gasteiger partial charge in [0.05, 0.1) is 37.0 Å². The van der Waals surface area contributed by atoms with Crippen LogP contribution in [0.2, 0.25) is 0 Å². The van der Waals surface area contributed by atoms with Crippen LogP contribution in [0.5, 0.6) is 11.8 Å². The number of nitrogens with zero attached hydrogens (tertiary/aromatic N) is 4. The summed E-state index contributed by atoms with van der Waals surface area (Å²) in [5.74, 6) is -0.465. The Morgan fingerprint density at radius 3 is 2.76 bits per heavy atom. The lowest BCUT2D eigenvalue weighted by Crippen LogP contribution is -2.46. The lowest BCUT2D eigenvalue weighted by atomic mass is 10.0. The number of anilines is 2. The van der Waals surface area contributed by atoms with Crippen molar-refractivity contribution in [2.75, 3.05) is 43.5 Å². The molecule has 1 aliphatic heterocycles. The standard InChI is InChI=1S/C30H34FN7O4/c1-16(14-39)28(41)34-12-25(40)36-24-13-38(15-30(24)6-7-30)27-26-21-8-18(31)9-22(32-3)20(21)10-23(26)35-29(37-27)42-19-5-4-17(2)33-11-19/h4-5,8-9,11,16,24,32,39H,6-7,10,12-15H2,1-3H3,(H,34,41)(H,36,40)/t16-,24-/m1/s1. The Hall–Kier alpha value is -4.32. The minimum atomic E-state index is -0.586. The van der Waals surface area contributed by atoms with Gasteiger partial charge in [-0.1, -0.05) is 6.92 Å². The number of carbonyl (C=O) groups is 2. The van der Waals surface area contributed by atoms with Crippen LogP contribution in [0, 0.1) is 24.1 Å². The molecular formula is C30H34FN7O4. The van der Waals surface area contributed by atoms with Gasteiger partial charge in [-0.15, -0.1) is 0 Å². The normalized spacial score (nSPS) is 18.3. The Morgan fingerprint density at radius 2 is 2.07 bits per heavy atom. The van der Waals surface area contributed by atoms with E-state index in [4.69, 9.17) is 14.7 Å². The highest BCUT2D eigenvalue weighted by molar-refractivity contribution is 5.89. The predicted octanol–water partition coefficient (Wildman–Crippen LogP) is 2.55. The number of nitrogens with one attached hydrogen (secondary N) is 3. The molecule has 1 saturated carbocycles. The molecule has 11 nitrogen and oxygen atoms in total. The summed E-state index contributed by atoms with van der Waals surface area (Å²) in [6.45, 7) is 4.18. The van der Waals surface area contributed by atoms with Crippen LogP contribution in [-0.4, -0.2) is 71.2 Å². The SMILES string of the molecule is CNc1cc(F)cc2c1Cc1nc(Oc3ccc(C)nc3)nc(N3C[C@@H](NC(=O)CNC(=O)[C@H](C)CO)C4(CC4)C3)c1-2. The number of hydrogen-bond donors (Lipinski definition) is 4. The molecule has 3 aliphatic rings. The Balaban J connectivity index is 1.31. The fourth-order valence-corrected chi connectivity index (χ4v) is 5.88.